The quantitative estimate of drug-likeness (QED) is 0.731. The van der Waals surface area contributed by atoms with Crippen molar-refractivity contribution in [3.8, 4) is 0 Å². The number of imidazole rings is 1. The largest absolute Gasteiger partial charge is 0.418 e. The Bertz CT molecular complexity index is 513. The molecule has 0 saturated heterocycles. The summed E-state index contributed by atoms with van der Waals surface area (Å²) in [5.74, 6) is 0.0710. The van der Waals surface area contributed by atoms with Gasteiger partial charge in [0, 0.05) is 7.05 Å². The lowest BCUT2D eigenvalue weighted by molar-refractivity contribution is -0.136. The van der Waals surface area contributed by atoms with Crippen LogP contribution in [0.3, 0.4) is 0 Å². The Hall–Kier alpha value is -1.72. The van der Waals surface area contributed by atoms with E-state index in [4.69, 9.17) is 5.73 Å². The van der Waals surface area contributed by atoms with Gasteiger partial charge in [0.15, 0.2) is 0 Å². The first-order valence-corrected chi connectivity index (χ1v) is 4.19. The number of anilines is 1. The summed E-state index contributed by atoms with van der Waals surface area (Å²) in [7, 11) is 1.57. The van der Waals surface area contributed by atoms with Crippen LogP contribution < -0.4 is 5.73 Å². The third-order valence-electron chi connectivity index (χ3n) is 2.25. The molecule has 1 aromatic heterocycles. The Morgan fingerprint density at radius 3 is 2.60 bits per heavy atom. The van der Waals surface area contributed by atoms with Crippen molar-refractivity contribution in [2.24, 2.45) is 7.05 Å². The summed E-state index contributed by atoms with van der Waals surface area (Å²) in [6, 6.07) is 3.88. The molecule has 0 unspecified atom stereocenters. The molecule has 2 rings (SSSR count). The molecule has 1 aromatic carbocycles. The van der Waals surface area contributed by atoms with E-state index in [-0.39, 0.29) is 11.5 Å². The van der Waals surface area contributed by atoms with Gasteiger partial charge in [0.05, 0.1) is 11.1 Å². The lowest BCUT2D eigenvalue weighted by Gasteiger charge is -2.06. The summed E-state index contributed by atoms with van der Waals surface area (Å²) < 4.78 is 39.1. The van der Waals surface area contributed by atoms with E-state index in [2.05, 4.69) is 4.98 Å². The number of aromatic nitrogens is 2. The van der Waals surface area contributed by atoms with E-state index >= 15 is 0 Å². The smallest absolute Gasteiger partial charge is 0.369 e. The fourth-order valence-electron chi connectivity index (χ4n) is 1.46. The molecule has 0 radical (unpaired) electrons. The van der Waals surface area contributed by atoms with Gasteiger partial charge in [-0.3, -0.25) is 0 Å². The molecule has 0 amide bonds. The second-order valence-corrected chi connectivity index (χ2v) is 3.20. The molecule has 15 heavy (non-hydrogen) atoms. The number of hydrogen-bond donors (Lipinski definition) is 1. The average molecular weight is 215 g/mol. The van der Waals surface area contributed by atoms with Crippen LogP contribution >= 0.6 is 0 Å². The maximum absolute atomic E-state index is 12.6. The third kappa shape index (κ3) is 1.42. The van der Waals surface area contributed by atoms with Crippen molar-refractivity contribution in [3.05, 3.63) is 23.8 Å². The van der Waals surface area contributed by atoms with Crippen LogP contribution in [0.2, 0.25) is 0 Å². The highest BCUT2D eigenvalue weighted by Gasteiger charge is 2.33. The van der Waals surface area contributed by atoms with Crippen molar-refractivity contribution < 1.29 is 13.2 Å². The molecule has 6 heteroatoms. The second-order valence-electron chi connectivity index (χ2n) is 3.20. The van der Waals surface area contributed by atoms with Gasteiger partial charge in [-0.2, -0.15) is 13.2 Å². The predicted octanol–water partition coefficient (Wildman–Crippen LogP) is 2.17. The summed E-state index contributed by atoms with van der Waals surface area (Å²) in [6.07, 6.45) is -4.40. The number of fused-ring (bicyclic) bond motifs is 1. The molecule has 0 fully saturated rings. The zero-order valence-corrected chi connectivity index (χ0v) is 7.84. The number of nitrogens with two attached hydrogens (primary N) is 1. The van der Waals surface area contributed by atoms with Crippen LogP contribution in [0.5, 0.6) is 0 Å². The first-order valence-electron chi connectivity index (χ1n) is 4.19. The number of rotatable bonds is 0. The molecule has 0 atom stereocenters. The van der Waals surface area contributed by atoms with Crippen LogP contribution in [0.15, 0.2) is 18.2 Å². The van der Waals surface area contributed by atoms with Crippen molar-refractivity contribution in [2.75, 3.05) is 5.73 Å². The van der Waals surface area contributed by atoms with E-state index < -0.39 is 11.7 Å². The van der Waals surface area contributed by atoms with Crippen LogP contribution in [0, 0.1) is 0 Å². The van der Waals surface area contributed by atoms with E-state index in [9.17, 15) is 13.2 Å². The van der Waals surface area contributed by atoms with Crippen LogP contribution in [0.1, 0.15) is 5.56 Å². The van der Waals surface area contributed by atoms with Gasteiger partial charge in [0.25, 0.3) is 0 Å². The molecule has 1 heterocycles. The van der Waals surface area contributed by atoms with Gasteiger partial charge in [-0.05, 0) is 12.1 Å². The Labute approximate surface area is 83.3 Å². The lowest BCUT2D eigenvalue weighted by atomic mass is 10.2. The number of halogens is 3. The zero-order valence-electron chi connectivity index (χ0n) is 7.84. The van der Waals surface area contributed by atoms with Gasteiger partial charge in [-0.1, -0.05) is 6.07 Å². The first kappa shape index (κ1) is 9.82. The van der Waals surface area contributed by atoms with Gasteiger partial charge >= 0.3 is 6.18 Å². The predicted molar refractivity (Wildman–Crippen MR) is 50.1 cm³/mol. The summed E-state index contributed by atoms with van der Waals surface area (Å²) in [4.78, 5) is 3.70. The molecule has 3 nitrogen and oxygen atoms in total. The van der Waals surface area contributed by atoms with Crippen molar-refractivity contribution in [2.45, 2.75) is 6.18 Å². The van der Waals surface area contributed by atoms with Gasteiger partial charge < -0.3 is 10.3 Å². The number of nitrogen functional groups attached to an aromatic ring is 1. The summed E-state index contributed by atoms with van der Waals surface area (Å²) in [6.45, 7) is 0. The van der Waals surface area contributed by atoms with Gasteiger partial charge in [0.1, 0.15) is 5.52 Å². The molecular weight excluding hydrogens is 207 g/mol. The maximum atomic E-state index is 12.6. The summed E-state index contributed by atoms with van der Waals surface area (Å²) in [5.41, 5.74) is 4.96. The number of hydrogen-bond acceptors (Lipinski definition) is 2. The van der Waals surface area contributed by atoms with Crippen LogP contribution in [-0.2, 0) is 13.2 Å². The van der Waals surface area contributed by atoms with Gasteiger partial charge in [-0.15, -0.1) is 0 Å². The molecule has 0 aliphatic heterocycles. The first-order chi connectivity index (χ1) is 6.91. The number of nitrogens with zero attached hydrogens (tertiary/aromatic N) is 2. The normalized spacial score (nSPS) is 12.3. The minimum atomic E-state index is -4.40. The monoisotopic (exact) mass is 215 g/mol. The van der Waals surface area contributed by atoms with E-state index in [1.165, 1.54) is 10.6 Å². The highest BCUT2D eigenvalue weighted by atomic mass is 19.4. The molecular formula is C9H8F3N3. The fourth-order valence-corrected chi connectivity index (χ4v) is 1.46. The molecule has 0 saturated carbocycles. The van der Waals surface area contributed by atoms with Crippen LogP contribution in [-0.4, -0.2) is 9.55 Å². The molecule has 0 aliphatic carbocycles. The molecule has 0 bridgehead atoms. The average Bonchev–Trinajstić information content (AvgIpc) is 2.41. The molecule has 0 spiro atoms. The minimum absolute atomic E-state index is 0.0710. The third-order valence-corrected chi connectivity index (χ3v) is 2.25. The SMILES string of the molecule is Cn1c(N)nc2c(C(F)(F)F)cccc21. The van der Waals surface area contributed by atoms with E-state index in [1.54, 1.807) is 13.1 Å². The van der Waals surface area contributed by atoms with Crippen molar-refractivity contribution in [1.29, 1.82) is 0 Å². The van der Waals surface area contributed by atoms with Gasteiger partial charge in [0.2, 0.25) is 5.95 Å². The molecule has 80 valence electrons. The maximum Gasteiger partial charge on any atom is 0.418 e. The highest BCUT2D eigenvalue weighted by molar-refractivity contribution is 5.82. The fraction of sp³-hybridized carbons (Fsp3) is 0.222. The van der Waals surface area contributed by atoms with Gasteiger partial charge in [-0.25, -0.2) is 4.98 Å². The topological polar surface area (TPSA) is 43.8 Å². The van der Waals surface area contributed by atoms with Crippen molar-refractivity contribution in [1.82, 2.24) is 9.55 Å². The van der Waals surface area contributed by atoms with E-state index in [0.717, 1.165) is 6.07 Å². The number of para-hydroxylation sites is 1. The summed E-state index contributed by atoms with van der Waals surface area (Å²) >= 11 is 0. The Kier molecular flexibility index (Phi) is 1.89. The Balaban J connectivity index is 2.83. The Morgan fingerprint density at radius 2 is 2.00 bits per heavy atom. The van der Waals surface area contributed by atoms with Crippen LogP contribution in [0.4, 0.5) is 19.1 Å². The highest BCUT2D eigenvalue weighted by Crippen LogP contribution is 2.34. The number of aryl methyl sites for hydroxylation is 1. The second kappa shape index (κ2) is 2.88. The molecule has 2 N–H and O–H groups in total. The van der Waals surface area contributed by atoms with E-state index in [1.807, 2.05) is 0 Å². The summed E-state index contributed by atoms with van der Waals surface area (Å²) in [5, 5.41) is 0. The Morgan fingerprint density at radius 1 is 1.33 bits per heavy atom. The molecule has 2 aromatic rings. The molecule has 0 aliphatic rings. The zero-order chi connectivity index (χ0) is 11.2. The van der Waals surface area contributed by atoms with Crippen molar-refractivity contribution >= 4 is 17.0 Å². The lowest BCUT2D eigenvalue weighted by Crippen LogP contribution is -2.05. The number of alkyl halides is 3. The standard InChI is InChI=1S/C9H8F3N3/c1-15-6-4-2-3-5(9(10,11)12)7(6)14-8(15)13/h2-4H,1H3,(H2,13,14). The van der Waals surface area contributed by atoms with Crippen LogP contribution in [0.25, 0.3) is 11.0 Å². The van der Waals surface area contributed by atoms with E-state index in [0.29, 0.717) is 5.52 Å². The van der Waals surface area contributed by atoms with Crippen molar-refractivity contribution in [3.63, 3.8) is 0 Å². The minimum Gasteiger partial charge on any atom is -0.369 e. The number of benzene rings is 1.